The quantitative estimate of drug-likeness (QED) is 0.761. The van der Waals surface area contributed by atoms with Crippen molar-refractivity contribution in [2.45, 2.75) is 27.2 Å². The molecule has 0 N–H and O–H groups in total. The van der Waals surface area contributed by atoms with E-state index in [1.165, 1.54) is 0 Å². The first-order valence-electron chi connectivity index (χ1n) is 6.73. The molecule has 3 nitrogen and oxygen atoms in total. The molecule has 104 valence electrons. The number of benzene rings is 1. The van der Waals surface area contributed by atoms with Crippen molar-refractivity contribution >= 4 is 11.5 Å². The summed E-state index contributed by atoms with van der Waals surface area (Å²) in [5.74, 6) is 0.652. The monoisotopic (exact) mass is 268 g/mol. The Morgan fingerprint density at radius 3 is 2.40 bits per heavy atom. The van der Waals surface area contributed by atoms with Crippen molar-refractivity contribution in [1.29, 1.82) is 5.26 Å². The summed E-state index contributed by atoms with van der Waals surface area (Å²) in [6.45, 7) is 5.98. The molecular formula is C17H20N2O. The van der Waals surface area contributed by atoms with E-state index in [-0.39, 0.29) is 0 Å². The molecule has 0 saturated heterocycles. The summed E-state index contributed by atoms with van der Waals surface area (Å²) >= 11 is 0. The average molecular weight is 268 g/mol. The highest BCUT2D eigenvalue weighted by Gasteiger charge is 2.08. The fourth-order valence-electron chi connectivity index (χ4n) is 1.81. The Kier molecular flexibility index (Phi) is 6.25. The SMILES string of the molecule is CC.COC1=NC=C(c2ccc(C#N)cc2)CC=C1C. The van der Waals surface area contributed by atoms with Gasteiger partial charge in [-0.05, 0) is 36.6 Å². The average Bonchev–Trinajstić information content (AvgIpc) is 2.71. The number of nitrogens with zero attached hydrogens (tertiary/aromatic N) is 2. The van der Waals surface area contributed by atoms with Crippen molar-refractivity contribution in [3.8, 4) is 6.07 Å². The Balaban J connectivity index is 0.000000956. The van der Waals surface area contributed by atoms with Crippen LogP contribution in [0.15, 0.2) is 47.1 Å². The number of allylic oxidation sites excluding steroid dienone is 2. The second-order valence-electron chi connectivity index (χ2n) is 4.07. The highest BCUT2D eigenvalue weighted by Crippen LogP contribution is 2.23. The van der Waals surface area contributed by atoms with Crippen molar-refractivity contribution in [2.24, 2.45) is 4.99 Å². The Morgan fingerprint density at radius 1 is 1.20 bits per heavy atom. The lowest BCUT2D eigenvalue weighted by atomic mass is 10.0. The van der Waals surface area contributed by atoms with Gasteiger partial charge < -0.3 is 4.74 Å². The van der Waals surface area contributed by atoms with Crippen molar-refractivity contribution < 1.29 is 4.74 Å². The molecule has 1 heterocycles. The molecule has 0 saturated carbocycles. The number of aliphatic imine (C=N–C) groups is 1. The molecule has 3 heteroatoms. The smallest absolute Gasteiger partial charge is 0.215 e. The Bertz CT molecular complexity index is 572. The van der Waals surface area contributed by atoms with Crippen molar-refractivity contribution in [3.05, 3.63) is 53.2 Å². The van der Waals surface area contributed by atoms with Crippen LogP contribution in [0.2, 0.25) is 0 Å². The van der Waals surface area contributed by atoms with Crippen LogP contribution in [0.1, 0.15) is 38.3 Å². The van der Waals surface area contributed by atoms with Gasteiger partial charge in [-0.2, -0.15) is 5.26 Å². The largest absolute Gasteiger partial charge is 0.481 e. The van der Waals surface area contributed by atoms with Crippen molar-refractivity contribution in [2.75, 3.05) is 7.11 Å². The zero-order valence-electron chi connectivity index (χ0n) is 12.5. The Hall–Kier alpha value is -2.34. The Morgan fingerprint density at radius 2 is 1.85 bits per heavy atom. The minimum Gasteiger partial charge on any atom is -0.481 e. The summed E-state index contributed by atoms with van der Waals surface area (Å²) in [7, 11) is 1.62. The van der Waals surface area contributed by atoms with Gasteiger partial charge in [0.05, 0.1) is 18.7 Å². The number of rotatable bonds is 1. The van der Waals surface area contributed by atoms with Gasteiger partial charge in [-0.25, -0.2) is 4.99 Å². The van der Waals surface area contributed by atoms with Gasteiger partial charge in [-0.15, -0.1) is 0 Å². The maximum atomic E-state index is 8.77. The molecule has 1 aromatic rings. The van der Waals surface area contributed by atoms with Crippen molar-refractivity contribution in [3.63, 3.8) is 0 Å². The molecule has 0 aromatic heterocycles. The number of nitriles is 1. The van der Waals surface area contributed by atoms with E-state index in [9.17, 15) is 0 Å². The summed E-state index contributed by atoms with van der Waals surface area (Å²) in [6, 6.07) is 9.64. The van der Waals surface area contributed by atoms with E-state index in [1.54, 1.807) is 7.11 Å². The third kappa shape index (κ3) is 3.83. The maximum absolute atomic E-state index is 8.77. The molecular weight excluding hydrogens is 248 g/mol. The van der Waals surface area contributed by atoms with Crippen LogP contribution in [0.25, 0.3) is 5.57 Å². The fourth-order valence-corrected chi connectivity index (χ4v) is 1.81. The van der Waals surface area contributed by atoms with E-state index in [4.69, 9.17) is 10.00 Å². The molecule has 0 bridgehead atoms. The van der Waals surface area contributed by atoms with Crippen LogP contribution in [-0.2, 0) is 4.74 Å². The van der Waals surface area contributed by atoms with Crippen LogP contribution in [0.5, 0.6) is 0 Å². The van der Waals surface area contributed by atoms with Crippen LogP contribution in [0.4, 0.5) is 0 Å². The fraction of sp³-hybridized carbons (Fsp3) is 0.294. The molecule has 0 fully saturated rings. The van der Waals surface area contributed by atoms with Crippen LogP contribution in [0, 0.1) is 11.3 Å². The molecule has 0 atom stereocenters. The Labute approximate surface area is 120 Å². The lowest BCUT2D eigenvalue weighted by Gasteiger charge is -2.02. The molecule has 0 spiro atoms. The van der Waals surface area contributed by atoms with E-state index in [0.29, 0.717) is 11.5 Å². The molecule has 1 aliphatic heterocycles. The standard InChI is InChI=1S/C15H14N2O.C2H6/c1-11-3-6-14(10-17-15(11)18-2)13-7-4-12(9-16)5-8-13;1-2/h3-5,7-8,10H,6H2,1-2H3;1-2H3. The van der Waals surface area contributed by atoms with Gasteiger partial charge in [0.15, 0.2) is 0 Å². The number of ether oxygens (including phenoxy) is 1. The summed E-state index contributed by atoms with van der Waals surface area (Å²) in [4.78, 5) is 4.32. The molecule has 0 radical (unpaired) electrons. The van der Waals surface area contributed by atoms with Gasteiger partial charge in [-0.1, -0.05) is 32.1 Å². The van der Waals surface area contributed by atoms with Crippen LogP contribution < -0.4 is 0 Å². The van der Waals surface area contributed by atoms with Crippen LogP contribution >= 0.6 is 0 Å². The van der Waals surface area contributed by atoms with Gasteiger partial charge in [0.1, 0.15) is 0 Å². The highest BCUT2D eigenvalue weighted by atomic mass is 16.5. The van der Waals surface area contributed by atoms with E-state index >= 15 is 0 Å². The molecule has 1 aliphatic rings. The lowest BCUT2D eigenvalue weighted by molar-refractivity contribution is 0.403. The van der Waals surface area contributed by atoms with E-state index in [2.05, 4.69) is 17.1 Å². The van der Waals surface area contributed by atoms with Gasteiger partial charge >= 0.3 is 0 Å². The predicted octanol–water partition coefficient (Wildman–Crippen LogP) is 4.32. The molecule has 0 aliphatic carbocycles. The second kappa shape index (κ2) is 7.96. The molecule has 20 heavy (non-hydrogen) atoms. The predicted molar refractivity (Wildman–Crippen MR) is 83.3 cm³/mol. The third-order valence-electron chi connectivity index (χ3n) is 2.88. The van der Waals surface area contributed by atoms with E-state index < -0.39 is 0 Å². The molecule has 2 rings (SSSR count). The zero-order chi connectivity index (χ0) is 15.0. The first kappa shape index (κ1) is 15.7. The van der Waals surface area contributed by atoms with Crippen LogP contribution in [0.3, 0.4) is 0 Å². The summed E-state index contributed by atoms with van der Waals surface area (Å²) < 4.78 is 5.20. The van der Waals surface area contributed by atoms with E-state index in [0.717, 1.165) is 23.1 Å². The first-order chi connectivity index (χ1) is 9.74. The first-order valence-corrected chi connectivity index (χ1v) is 6.73. The number of methoxy groups -OCH3 is 1. The summed E-state index contributed by atoms with van der Waals surface area (Å²) in [5.41, 5.74) is 3.91. The zero-order valence-corrected chi connectivity index (χ0v) is 12.5. The lowest BCUT2D eigenvalue weighted by Crippen LogP contribution is -2.00. The summed E-state index contributed by atoms with van der Waals surface area (Å²) in [5, 5.41) is 8.77. The number of hydrogen-bond acceptors (Lipinski definition) is 3. The second-order valence-corrected chi connectivity index (χ2v) is 4.07. The highest BCUT2D eigenvalue weighted by molar-refractivity contribution is 5.94. The third-order valence-corrected chi connectivity index (χ3v) is 2.88. The normalized spacial score (nSPS) is 13.7. The number of hydrogen-bond donors (Lipinski definition) is 0. The summed E-state index contributed by atoms with van der Waals surface area (Å²) in [6.07, 6.45) is 4.74. The minimum atomic E-state index is 0.652. The van der Waals surface area contributed by atoms with E-state index in [1.807, 2.05) is 51.2 Å². The topological polar surface area (TPSA) is 45.4 Å². The van der Waals surface area contributed by atoms with Crippen LogP contribution in [-0.4, -0.2) is 13.0 Å². The van der Waals surface area contributed by atoms with Crippen molar-refractivity contribution in [1.82, 2.24) is 0 Å². The molecule has 0 unspecified atom stereocenters. The maximum Gasteiger partial charge on any atom is 0.215 e. The minimum absolute atomic E-state index is 0.652. The van der Waals surface area contributed by atoms with Gasteiger partial charge in [-0.3, -0.25) is 0 Å². The van der Waals surface area contributed by atoms with Gasteiger partial charge in [0, 0.05) is 11.8 Å². The van der Waals surface area contributed by atoms with Gasteiger partial charge in [0.25, 0.3) is 0 Å². The molecule has 0 amide bonds. The van der Waals surface area contributed by atoms with Gasteiger partial charge in [0.2, 0.25) is 5.90 Å². The molecule has 1 aromatic carbocycles.